The fourth-order valence-corrected chi connectivity index (χ4v) is 3.23. The number of rotatable bonds is 3. The Morgan fingerprint density at radius 3 is 1.67 bits per heavy atom. The van der Waals surface area contributed by atoms with Crippen molar-refractivity contribution in [2.75, 3.05) is 0 Å². The average molecular weight is 234 g/mol. The van der Waals surface area contributed by atoms with Crippen LogP contribution in [0.1, 0.15) is 24.5 Å². The van der Waals surface area contributed by atoms with Gasteiger partial charge in [-0.1, -0.05) is 73.7 Å². The van der Waals surface area contributed by atoms with Crippen LogP contribution in [0.4, 0.5) is 0 Å². The summed E-state index contributed by atoms with van der Waals surface area (Å²) in [4.78, 5) is 0. The van der Waals surface area contributed by atoms with Crippen LogP contribution in [0.15, 0.2) is 73.3 Å². The van der Waals surface area contributed by atoms with Crippen LogP contribution in [-0.4, -0.2) is 0 Å². The fourth-order valence-electron chi connectivity index (χ4n) is 3.23. The Labute approximate surface area is 109 Å². The zero-order chi connectivity index (χ0) is 12.6. The fraction of sp³-hybridized carbons (Fsp3) is 0.222. The van der Waals surface area contributed by atoms with E-state index in [9.17, 15) is 0 Å². The summed E-state index contributed by atoms with van der Waals surface area (Å²) < 4.78 is 0. The third-order valence-corrected chi connectivity index (χ3v) is 4.47. The van der Waals surface area contributed by atoms with Gasteiger partial charge in [0, 0.05) is 10.8 Å². The van der Waals surface area contributed by atoms with Crippen LogP contribution in [0.25, 0.3) is 0 Å². The first-order chi connectivity index (χ1) is 8.73. The quantitative estimate of drug-likeness (QED) is 0.682. The Kier molecular flexibility index (Phi) is 2.41. The van der Waals surface area contributed by atoms with Crippen LogP contribution >= 0.6 is 0 Å². The molecule has 0 spiro atoms. The van der Waals surface area contributed by atoms with E-state index >= 15 is 0 Å². The predicted octanol–water partition coefficient (Wildman–Crippen LogP) is 4.57. The summed E-state index contributed by atoms with van der Waals surface area (Å²) in [7, 11) is 0. The molecule has 2 aromatic carbocycles. The Morgan fingerprint density at radius 2 is 1.33 bits per heavy atom. The van der Waals surface area contributed by atoms with Gasteiger partial charge in [0.05, 0.1) is 0 Å². The van der Waals surface area contributed by atoms with E-state index in [1.54, 1.807) is 0 Å². The second-order valence-electron chi connectivity index (χ2n) is 5.44. The van der Waals surface area contributed by atoms with Crippen LogP contribution < -0.4 is 0 Å². The standard InChI is InChI=1S/C18H18/c1-3-17(2)14-18(17,15-10-6-4-7-11-15)16-12-8-5-9-13-16/h3-13H,1,14H2,2H3. The van der Waals surface area contributed by atoms with Crippen LogP contribution in [0, 0.1) is 5.41 Å². The monoisotopic (exact) mass is 234 g/mol. The molecule has 1 atom stereocenters. The third-order valence-electron chi connectivity index (χ3n) is 4.47. The lowest BCUT2D eigenvalue weighted by Crippen LogP contribution is -2.16. The molecule has 1 aliphatic rings. The van der Waals surface area contributed by atoms with E-state index in [0.717, 1.165) is 6.42 Å². The second-order valence-corrected chi connectivity index (χ2v) is 5.44. The van der Waals surface area contributed by atoms with Gasteiger partial charge < -0.3 is 0 Å². The summed E-state index contributed by atoms with van der Waals surface area (Å²) in [5.74, 6) is 0. The van der Waals surface area contributed by atoms with Gasteiger partial charge in [-0.2, -0.15) is 0 Å². The van der Waals surface area contributed by atoms with Gasteiger partial charge in [-0.05, 0) is 17.5 Å². The number of benzene rings is 2. The molecule has 1 fully saturated rings. The Morgan fingerprint density at radius 1 is 0.889 bits per heavy atom. The Hall–Kier alpha value is -1.82. The van der Waals surface area contributed by atoms with Gasteiger partial charge in [0.25, 0.3) is 0 Å². The lowest BCUT2D eigenvalue weighted by molar-refractivity contribution is 0.620. The van der Waals surface area contributed by atoms with E-state index in [2.05, 4.69) is 80.2 Å². The summed E-state index contributed by atoms with van der Waals surface area (Å²) in [6, 6.07) is 21.6. The van der Waals surface area contributed by atoms with Crippen molar-refractivity contribution in [1.82, 2.24) is 0 Å². The number of allylic oxidation sites excluding steroid dienone is 1. The summed E-state index contributed by atoms with van der Waals surface area (Å²) >= 11 is 0. The topological polar surface area (TPSA) is 0 Å². The van der Waals surface area contributed by atoms with E-state index < -0.39 is 0 Å². The highest BCUT2D eigenvalue weighted by molar-refractivity contribution is 5.52. The first kappa shape index (κ1) is 11.3. The first-order valence-electron chi connectivity index (χ1n) is 6.48. The van der Waals surface area contributed by atoms with E-state index in [1.165, 1.54) is 11.1 Å². The average Bonchev–Trinajstić information content (AvgIpc) is 3.09. The number of hydrogen-bond donors (Lipinski definition) is 0. The molecule has 1 unspecified atom stereocenters. The van der Waals surface area contributed by atoms with E-state index in [4.69, 9.17) is 0 Å². The van der Waals surface area contributed by atoms with Crippen molar-refractivity contribution in [2.45, 2.75) is 18.8 Å². The zero-order valence-corrected chi connectivity index (χ0v) is 10.8. The van der Waals surface area contributed by atoms with Crippen LogP contribution in [0.5, 0.6) is 0 Å². The van der Waals surface area contributed by atoms with Gasteiger partial charge in [0.2, 0.25) is 0 Å². The minimum Gasteiger partial charge on any atom is -0.102 e. The highest BCUT2D eigenvalue weighted by Crippen LogP contribution is 2.68. The van der Waals surface area contributed by atoms with Crippen molar-refractivity contribution < 1.29 is 0 Å². The van der Waals surface area contributed by atoms with Crippen molar-refractivity contribution in [1.29, 1.82) is 0 Å². The van der Waals surface area contributed by atoms with Crippen molar-refractivity contribution in [3.05, 3.63) is 84.4 Å². The smallest absolute Gasteiger partial charge is 0.0299 e. The largest absolute Gasteiger partial charge is 0.102 e. The van der Waals surface area contributed by atoms with Gasteiger partial charge in [0.15, 0.2) is 0 Å². The molecule has 1 aliphatic carbocycles. The maximum absolute atomic E-state index is 4.04. The molecule has 0 radical (unpaired) electrons. The predicted molar refractivity (Wildman–Crippen MR) is 76.6 cm³/mol. The lowest BCUT2D eigenvalue weighted by atomic mass is 9.81. The highest BCUT2D eigenvalue weighted by atomic mass is 14.7. The first-order valence-corrected chi connectivity index (χ1v) is 6.48. The van der Waals surface area contributed by atoms with E-state index in [0.29, 0.717) is 0 Å². The summed E-state index contributed by atoms with van der Waals surface area (Å²) in [5.41, 5.74) is 3.10. The van der Waals surface area contributed by atoms with Crippen molar-refractivity contribution >= 4 is 0 Å². The van der Waals surface area contributed by atoms with E-state index in [-0.39, 0.29) is 10.8 Å². The van der Waals surface area contributed by atoms with Gasteiger partial charge in [-0.3, -0.25) is 0 Å². The lowest BCUT2D eigenvalue weighted by Gasteiger charge is -2.22. The molecule has 3 rings (SSSR count). The number of hydrogen-bond acceptors (Lipinski definition) is 0. The normalized spacial score (nSPS) is 24.5. The third kappa shape index (κ3) is 1.38. The molecule has 0 nitrogen and oxygen atoms in total. The molecule has 18 heavy (non-hydrogen) atoms. The second kappa shape index (κ2) is 3.84. The maximum atomic E-state index is 4.04. The molecule has 0 heteroatoms. The van der Waals surface area contributed by atoms with Crippen LogP contribution in [0.3, 0.4) is 0 Å². The van der Waals surface area contributed by atoms with Gasteiger partial charge in [0.1, 0.15) is 0 Å². The Bertz CT molecular complexity index is 514. The SMILES string of the molecule is C=CC1(C)CC1(c1ccccc1)c1ccccc1. The van der Waals surface area contributed by atoms with Crippen LogP contribution in [-0.2, 0) is 5.41 Å². The van der Waals surface area contributed by atoms with Crippen molar-refractivity contribution in [2.24, 2.45) is 5.41 Å². The molecule has 0 aromatic heterocycles. The molecule has 0 saturated heterocycles. The summed E-state index contributed by atoms with van der Waals surface area (Å²) in [6.45, 7) is 6.35. The zero-order valence-electron chi connectivity index (χ0n) is 10.8. The van der Waals surface area contributed by atoms with Crippen molar-refractivity contribution in [3.8, 4) is 0 Å². The van der Waals surface area contributed by atoms with Gasteiger partial charge in [-0.15, -0.1) is 6.58 Å². The molecule has 1 saturated carbocycles. The summed E-state index contributed by atoms with van der Waals surface area (Å²) in [6.07, 6.45) is 3.27. The molecule has 0 aliphatic heterocycles. The van der Waals surface area contributed by atoms with Crippen LogP contribution in [0.2, 0.25) is 0 Å². The molecular weight excluding hydrogens is 216 g/mol. The molecule has 0 N–H and O–H groups in total. The molecule has 0 bridgehead atoms. The molecule has 0 amide bonds. The molecule has 0 heterocycles. The Balaban J connectivity index is 2.17. The van der Waals surface area contributed by atoms with Crippen molar-refractivity contribution in [3.63, 3.8) is 0 Å². The molecule has 2 aromatic rings. The maximum Gasteiger partial charge on any atom is 0.0299 e. The summed E-state index contributed by atoms with van der Waals surface area (Å²) in [5, 5.41) is 0. The molecule has 90 valence electrons. The van der Waals surface area contributed by atoms with Gasteiger partial charge >= 0.3 is 0 Å². The van der Waals surface area contributed by atoms with Gasteiger partial charge in [-0.25, -0.2) is 0 Å². The minimum atomic E-state index is 0.122. The minimum absolute atomic E-state index is 0.122. The molecular formula is C18H18. The van der Waals surface area contributed by atoms with E-state index in [1.807, 2.05) is 0 Å². The highest BCUT2D eigenvalue weighted by Gasteiger charge is 2.64.